The van der Waals surface area contributed by atoms with Crippen molar-refractivity contribution in [3.05, 3.63) is 506 Å². The van der Waals surface area contributed by atoms with Gasteiger partial charge in [-0.05, 0) is 160 Å². The molecular formula is C109H83N17. The molecule has 0 saturated carbocycles. The molecule has 0 bridgehead atoms. The molecule has 12 aromatic heterocycles. The molecule has 0 fully saturated rings. The lowest BCUT2D eigenvalue weighted by Gasteiger charge is -2.05. The molecule has 0 saturated heterocycles. The molecule has 0 amide bonds. The van der Waals surface area contributed by atoms with Crippen LogP contribution in [-0.4, -0.2) is 84.7 Å². The van der Waals surface area contributed by atoms with Crippen molar-refractivity contribution in [1.82, 2.24) is 84.7 Å². The summed E-state index contributed by atoms with van der Waals surface area (Å²) in [5.74, 6) is 3.65. The Labute approximate surface area is 732 Å². The molecule has 0 unspecified atom stereocenters. The second kappa shape index (κ2) is 47.3. The van der Waals surface area contributed by atoms with E-state index >= 15 is 0 Å². The summed E-state index contributed by atoms with van der Waals surface area (Å²) >= 11 is 0. The van der Waals surface area contributed by atoms with E-state index in [4.69, 9.17) is 0 Å². The summed E-state index contributed by atoms with van der Waals surface area (Å²) in [4.78, 5) is 71.5. The van der Waals surface area contributed by atoms with Crippen molar-refractivity contribution < 1.29 is 0 Å². The van der Waals surface area contributed by atoms with Gasteiger partial charge < -0.3 is 0 Å². The first-order chi connectivity index (χ1) is 62.6. The molecule has 9 aromatic carbocycles. The van der Waals surface area contributed by atoms with Crippen LogP contribution in [-0.2, 0) is 0 Å². The first-order valence-electron chi connectivity index (χ1n) is 40.5. The Balaban J connectivity index is 0.000000118. The van der Waals surface area contributed by atoms with Crippen molar-refractivity contribution in [3.63, 3.8) is 0 Å². The fraction of sp³-hybridized carbons (Fsp3) is 0. The Morgan fingerprint density at radius 3 is 0.802 bits per heavy atom. The summed E-state index contributed by atoms with van der Waals surface area (Å²) in [7, 11) is 0. The van der Waals surface area contributed by atoms with Gasteiger partial charge in [-0.15, -0.1) is 0 Å². The van der Waals surface area contributed by atoms with E-state index in [1.54, 1.807) is 80.6 Å². The Hall–Kier alpha value is -17.6. The zero-order valence-corrected chi connectivity index (χ0v) is 68.5. The van der Waals surface area contributed by atoms with Gasteiger partial charge in [0.1, 0.15) is 6.33 Å². The summed E-state index contributed by atoms with van der Waals surface area (Å²) in [6, 6.07) is 129. The average Bonchev–Trinajstić information content (AvgIpc) is 0.849. The zero-order valence-electron chi connectivity index (χ0n) is 68.5. The van der Waals surface area contributed by atoms with Crippen molar-refractivity contribution in [3.8, 4) is 146 Å². The van der Waals surface area contributed by atoms with Gasteiger partial charge in [0.2, 0.25) is 0 Å². The number of benzene rings is 9. The molecule has 0 aliphatic heterocycles. The van der Waals surface area contributed by atoms with Crippen LogP contribution in [0.15, 0.2) is 506 Å². The Morgan fingerprint density at radius 2 is 0.405 bits per heavy atom. The molecule has 17 heteroatoms. The molecule has 0 aliphatic carbocycles. The van der Waals surface area contributed by atoms with Crippen molar-refractivity contribution in [1.29, 1.82) is 0 Å². The van der Waals surface area contributed by atoms with E-state index < -0.39 is 0 Å². The lowest BCUT2D eigenvalue weighted by molar-refractivity contribution is 1.07. The highest BCUT2D eigenvalue weighted by Gasteiger charge is 2.10. The van der Waals surface area contributed by atoms with E-state index in [1.807, 2.05) is 310 Å². The van der Waals surface area contributed by atoms with Crippen molar-refractivity contribution in [2.45, 2.75) is 0 Å². The minimum atomic E-state index is 0.699. The van der Waals surface area contributed by atoms with Crippen molar-refractivity contribution in [2.75, 3.05) is 0 Å². The van der Waals surface area contributed by atoms with Crippen LogP contribution in [0.25, 0.3) is 146 Å². The van der Waals surface area contributed by atoms with Crippen molar-refractivity contribution >= 4 is 0 Å². The van der Waals surface area contributed by atoms with Crippen molar-refractivity contribution in [2.24, 2.45) is 0 Å². The fourth-order valence-electron chi connectivity index (χ4n) is 12.5. The summed E-state index contributed by atoms with van der Waals surface area (Å²) in [6.07, 6.45) is 33.7. The monoisotopic (exact) mass is 1630 g/mol. The van der Waals surface area contributed by atoms with Gasteiger partial charge in [-0.25, -0.2) is 44.9 Å². The summed E-state index contributed by atoms with van der Waals surface area (Å²) < 4.78 is 0. The summed E-state index contributed by atoms with van der Waals surface area (Å²) in [6.45, 7) is 0. The largest absolute Gasteiger partial charge is 0.265 e. The first kappa shape index (κ1) is 84.9. The number of hydrogen-bond donors (Lipinski definition) is 0. The second-order valence-electron chi connectivity index (χ2n) is 27.3. The van der Waals surface area contributed by atoms with Gasteiger partial charge >= 0.3 is 0 Å². The van der Waals surface area contributed by atoms with Crippen LogP contribution in [0.2, 0.25) is 0 Å². The Morgan fingerprint density at radius 1 is 0.119 bits per heavy atom. The van der Waals surface area contributed by atoms with Crippen LogP contribution in [0.5, 0.6) is 0 Å². The molecule has 12 heterocycles. The molecule has 604 valence electrons. The number of hydrogen-bond acceptors (Lipinski definition) is 17. The predicted molar refractivity (Wildman–Crippen MR) is 505 cm³/mol. The molecule has 0 radical (unpaired) electrons. The normalized spacial score (nSPS) is 10.1. The second-order valence-corrected chi connectivity index (χ2v) is 27.3. The SMILES string of the molecule is c1cc(-c2ccncc2)cc(-c2ccncc2)c1.c1ccc(-c2ccccn2)nc1.c1ccc(-c2ccnc(-c3ccccc3)c2)cc1.c1ccc(-c2ccnc(-c3ccccc3)n2)cc1.c1ccc(-c2ncccn2)cc1.c1ccc(-c2ncnc(-c3ccccc3)n2)cc1.c1cnc(-c2cccnc2)nc1.c1cncc(-c2cccc(-c3cccnc3)c2)c1. The van der Waals surface area contributed by atoms with E-state index in [1.165, 1.54) is 44.5 Å². The van der Waals surface area contributed by atoms with E-state index in [9.17, 15) is 0 Å². The van der Waals surface area contributed by atoms with E-state index in [2.05, 4.69) is 200 Å². The quantitative estimate of drug-likeness (QED) is 0.105. The summed E-state index contributed by atoms with van der Waals surface area (Å²) in [5, 5.41) is 0. The number of rotatable bonds is 13. The number of nitrogens with zero attached hydrogens (tertiary/aromatic N) is 17. The van der Waals surface area contributed by atoms with Gasteiger partial charge in [0.15, 0.2) is 29.1 Å². The lowest BCUT2D eigenvalue weighted by atomic mass is 10.0. The topological polar surface area (TPSA) is 219 Å². The number of aromatic nitrogens is 17. The van der Waals surface area contributed by atoms with Gasteiger partial charge in [0, 0.05) is 162 Å². The Kier molecular flexibility index (Phi) is 31.8. The highest BCUT2D eigenvalue weighted by molar-refractivity contribution is 5.75. The third-order valence-electron chi connectivity index (χ3n) is 18.7. The molecule has 0 atom stereocenters. The van der Waals surface area contributed by atoms with Gasteiger partial charge in [-0.1, -0.05) is 273 Å². The highest BCUT2D eigenvalue weighted by Crippen LogP contribution is 2.30. The molecular weight excluding hydrogens is 1550 g/mol. The average molecular weight is 1630 g/mol. The van der Waals surface area contributed by atoms with Gasteiger partial charge in [-0.3, -0.25) is 39.9 Å². The predicted octanol–water partition coefficient (Wildman–Crippen LogP) is 24.9. The molecule has 0 N–H and O–H groups in total. The maximum Gasteiger partial charge on any atom is 0.163 e. The van der Waals surface area contributed by atoms with Crippen LogP contribution in [0.1, 0.15) is 0 Å². The Bertz CT molecular complexity index is 5370. The van der Waals surface area contributed by atoms with E-state index in [0.29, 0.717) is 17.5 Å². The zero-order chi connectivity index (χ0) is 85.7. The molecule has 126 heavy (non-hydrogen) atoms. The van der Waals surface area contributed by atoms with Gasteiger partial charge in [0.05, 0.1) is 22.8 Å². The number of pyridine rings is 8. The van der Waals surface area contributed by atoms with Crippen LogP contribution < -0.4 is 0 Å². The highest BCUT2D eigenvalue weighted by atomic mass is 15.0. The third-order valence-corrected chi connectivity index (χ3v) is 18.7. The van der Waals surface area contributed by atoms with Crippen LogP contribution >= 0.6 is 0 Å². The minimum absolute atomic E-state index is 0.699. The van der Waals surface area contributed by atoms with E-state index in [-0.39, 0.29) is 0 Å². The maximum absolute atomic E-state index is 4.60. The molecule has 21 rings (SSSR count). The van der Waals surface area contributed by atoms with Crippen LogP contribution in [0, 0.1) is 0 Å². The van der Waals surface area contributed by atoms with Gasteiger partial charge in [-0.2, -0.15) is 0 Å². The molecule has 0 aliphatic rings. The molecule has 17 nitrogen and oxygen atoms in total. The van der Waals surface area contributed by atoms with Gasteiger partial charge in [0.25, 0.3) is 0 Å². The maximum atomic E-state index is 4.60. The molecule has 0 spiro atoms. The smallest absolute Gasteiger partial charge is 0.163 e. The molecule has 21 aromatic rings. The van der Waals surface area contributed by atoms with Crippen LogP contribution in [0.3, 0.4) is 0 Å². The summed E-state index contributed by atoms with van der Waals surface area (Å²) in [5.41, 5.74) is 22.9. The standard InChI is InChI=1S/C17H13N.3C16H12N2.C15H11N3.2C10H8N2.C9H7N3/c1-3-7-14(8-4-1)16-11-12-18-17(13-16)15-9-5-2-6-10-15;1-4-13(15-6-2-8-17-11-15)10-14(5-1)16-7-3-9-18-12-16;1-3-7-13(8-4-1)15-11-12-17-16(18-15)14-9-5-2-6-10-14;1-2-15(13-4-8-17-9-5-13)12-16(3-1)14-6-10-18-11-7-14;1-3-7-12(8-4-1)14-16-11-17-15(18-14)13-9-5-2-6-10-13;1-3-7-11-9(5-1)10-6-2-4-8-12-10;1-2-5-9(6-3-1)10-11-7-4-8-12-10;1-3-8(7-10-4-1)9-11-5-2-6-12-9/h1-13H;3*1-12H;1-11H;2*1-8H;1-7H. The third kappa shape index (κ3) is 26.2. The van der Waals surface area contributed by atoms with E-state index in [0.717, 1.165) is 84.5 Å². The fourth-order valence-corrected chi connectivity index (χ4v) is 12.5. The lowest BCUT2D eigenvalue weighted by Crippen LogP contribution is -1.94. The first-order valence-corrected chi connectivity index (χ1v) is 40.5. The minimum Gasteiger partial charge on any atom is -0.265 e. The van der Waals surface area contributed by atoms with Crippen LogP contribution in [0.4, 0.5) is 0 Å².